The van der Waals surface area contributed by atoms with Gasteiger partial charge in [-0.2, -0.15) is 0 Å². The molecule has 4 rings (SSSR count). The van der Waals surface area contributed by atoms with E-state index < -0.39 is 0 Å². The number of fused-ring (bicyclic) bond motifs is 1. The van der Waals surface area contributed by atoms with E-state index in [-0.39, 0.29) is 12.0 Å². The number of aliphatic hydroxyl groups is 1. The van der Waals surface area contributed by atoms with Crippen molar-refractivity contribution in [3.63, 3.8) is 0 Å². The maximum atomic E-state index is 9.43. The lowest BCUT2D eigenvalue weighted by molar-refractivity contribution is 0.146. The van der Waals surface area contributed by atoms with Gasteiger partial charge in [0.1, 0.15) is 5.75 Å². The topological polar surface area (TPSA) is 67.5 Å². The van der Waals surface area contributed by atoms with E-state index in [1.807, 2.05) is 13.0 Å². The first-order valence-corrected chi connectivity index (χ1v) is 9.53. The summed E-state index contributed by atoms with van der Waals surface area (Å²) >= 11 is 0. The van der Waals surface area contributed by atoms with Gasteiger partial charge in [0, 0.05) is 16.4 Å². The molecule has 1 saturated heterocycles. The third-order valence-electron chi connectivity index (χ3n) is 5.99. The predicted octanol–water partition coefficient (Wildman–Crippen LogP) is 3.22. The number of rotatable bonds is 7. The molecule has 1 saturated carbocycles. The van der Waals surface area contributed by atoms with E-state index in [0.717, 1.165) is 66.2 Å². The number of hydrogen-bond donors (Lipinski definition) is 2. The number of benzene rings is 1. The molecule has 0 bridgehead atoms. The fourth-order valence-electron chi connectivity index (χ4n) is 3.77. The van der Waals surface area contributed by atoms with Crippen molar-refractivity contribution in [3.8, 4) is 5.75 Å². The van der Waals surface area contributed by atoms with E-state index in [9.17, 15) is 5.11 Å². The molecule has 1 aliphatic carbocycles. The lowest BCUT2D eigenvalue weighted by Gasteiger charge is -2.21. The van der Waals surface area contributed by atoms with E-state index >= 15 is 0 Å². The third-order valence-corrected chi connectivity index (χ3v) is 5.99. The van der Waals surface area contributed by atoms with E-state index in [0.29, 0.717) is 6.61 Å². The van der Waals surface area contributed by atoms with Crippen molar-refractivity contribution >= 4 is 11.0 Å². The summed E-state index contributed by atoms with van der Waals surface area (Å²) in [5.41, 5.74) is 2.90. The van der Waals surface area contributed by atoms with Crippen LogP contribution < -0.4 is 10.1 Å². The summed E-state index contributed by atoms with van der Waals surface area (Å²) in [5.74, 6) is 1.64. The van der Waals surface area contributed by atoms with Crippen molar-refractivity contribution < 1.29 is 14.4 Å². The minimum absolute atomic E-state index is 0.0111. The van der Waals surface area contributed by atoms with Gasteiger partial charge in [-0.1, -0.05) is 5.16 Å². The smallest absolute Gasteiger partial charge is 0.173 e. The Bertz CT molecular complexity index is 730. The number of piperidine rings is 1. The number of aromatic nitrogens is 1. The minimum Gasteiger partial charge on any atom is -0.493 e. The minimum atomic E-state index is -0.0111. The van der Waals surface area contributed by atoms with Crippen LogP contribution in [0.3, 0.4) is 0 Å². The highest BCUT2D eigenvalue weighted by molar-refractivity contribution is 5.84. The van der Waals surface area contributed by atoms with Crippen LogP contribution in [0.25, 0.3) is 11.0 Å². The second-order valence-electron chi connectivity index (χ2n) is 7.87. The molecule has 0 amide bonds. The van der Waals surface area contributed by atoms with Gasteiger partial charge in [-0.15, -0.1) is 0 Å². The first-order chi connectivity index (χ1) is 12.2. The van der Waals surface area contributed by atoms with Gasteiger partial charge in [0.05, 0.1) is 18.9 Å². The van der Waals surface area contributed by atoms with Crippen molar-refractivity contribution in [2.24, 2.45) is 11.3 Å². The average molecular weight is 344 g/mol. The maximum absolute atomic E-state index is 9.43. The molecule has 2 N–H and O–H groups in total. The Morgan fingerprint density at radius 2 is 2.12 bits per heavy atom. The SMILES string of the molecule is Cc1c(OCC2(CO)CC2)ccc2c(CCC3CCNCC3)noc12. The Hall–Kier alpha value is -1.59. The summed E-state index contributed by atoms with van der Waals surface area (Å²) < 4.78 is 11.6. The largest absolute Gasteiger partial charge is 0.493 e. The fourth-order valence-corrected chi connectivity index (χ4v) is 3.77. The standard InChI is InChI=1S/C20H28N2O3/c1-14-18(24-13-20(12-23)8-9-20)5-3-16-17(22-25-19(14)16)4-2-15-6-10-21-11-7-15/h3,5,15,21,23H,2,4,6-13H2,1H3. The molecule has 0 spiro atoms. The van der Waals surface area contributed by atoms with Crippen molar-refractivity contribution in [3.05, 3.63) is 23.4 Å². The highest BCUT2D eigenvalue weighted by Gasteiger charge is 2.43. The lowest BCUT2D eigenvalue weighted by atomic mass is 9.92. The first kappa shape index (κ1) is 16.9. The molecular weight excluding hydrogens is 316 g/mol. The molecule has 0 unspecified atom stereocenters. The zero-order chi connectivity index (χ0) is 17.3. The number of nitrogens with zero attached hydrogens (tertiary/aromatic N) is 1. The molecule has 2 heterocycles. The highest BCUT2D eigenvalue weighted by Crippen LogP contribution is 2.45. The van der Waals surface area contributed by atoms with E-state index in [1.54, 1.807) is 0 Å². The normalized spacial score (nSPS) is 20.1. The van der Waals surface area contributed by atoms with Crippen LogP contribution >= 0.6 is 0 Å². The monoisotopic (exact) mass is 344 g/mol. The molecule has 2 aliphatic rings. The molecule has 5 heteroatoms. The van der Waals surface area contributed by atoms with E-state index in [2.05, 4.69) is 16.5 Å². The Morgan fingerprint density at radius 3 is 2.84 bits per heavy atom. The molecule has 2 fully saturated rings. The number of hydrogen-bond acceptors (Lipinski definition) is 5. The van der Waals surface area contributed by atoms with Crippen LogP contribution in [-0.4, -0.2) is 36.6 Å². The molecule has 1 aromatic heterocycles. The summed E-state index contributed by atoms with van der Waals surface area (Å²) in [7, 11) is 0. The fraction of sp³-hybridized carbons (Fsp3) is 0.650. The third kappa shape index (κ3) is 3.53. The van der Waals surface area contributed by atoms with Crippen LogP contribution in [0.5, 0.6) is 5.75 Å². The Labute approximate surface area is 148 Å². The molecule has 0 atom stereocenters. The zero-order valence-corrected chi connectivity index (χ0v) is 15.0. The Balaban J connectivity index is 1.45. The van der Waals surface area contributed by atoms with Gasteiger partial charge in [-0.05, 0) is 76.6 Å². The second-order valence-corrected chi connectivity index (χ2v) is 7.87. The molecule has 2 aromatic rings. The summed E-state index contributed by atoms with van der Waals surface area (Å²) in [5, 5.41) is 18.3. The van der Waals surface area contributed by atoms with E-state index in [1.165, 1.54) is 19.3 Å². The van der Waals surface area contributed by atoms with Crippen LogP contribution in [0, 0.1) is 18.3 Å². The van der Waals surface area contributed by atoms with Crippen molar-refractivity contribution in [1.29, 1.82) is 0 Å². The van der Waals surface area contributed by atoms with Gasteiger partial charge >= 0.3 is 0 Å². The molecule has 25 heavy (non-hydrogen) atoms. The number of ether oxygens (including phenoxy) is 1. The summed E-state index contributed by atoms with van der Waals surface area (Å²) in [4.78, 5) is 0. The Morgan fingerprint density at radius 1 is 1.32 bits per heavy atom. The van der Waals surface area contributed by atoms with Crippen LogP contribution in [0.1, 0.15) is 43.4 Å². The molecule has 5 nitrogen and oxygen atoms in total. The highest BCUT2D eigenvalue weighted by atomic mass is 16.5. The van der Waals surface area contributed by atoms with Gasteiger partial charge in [-0.25, -0.2) is 0 Å². The van der Waals surface area contributed by atoms with Gasteiger partial charge in [0.15, 0.2) is 5.58 Å². The van der Waals surface area contributed by atoms with Crippen LogP contribution in [0.2, 0.25) is 0 Å². The van der Waals surface area contributed by atoms with Crippen LogP contribution in [0.15, 0.2) is 16.7 Å². The van der Waals surface area contributed by atoms with E-state index in [4.69, 9.17) is 9.26 Å². The molecule has 136 valence electrons. The van der Waals surface area contributed by atoms with Crippen LogP contribution in [0.4, 0.5) is 0 Å². The molecule has 1 aromatic carbocycles. The summed E-state index contributed by atoms with van der Waals surface area (Å²) in [6, 6.07) is 4.10. The zero-order valence-electron chi connectivity index (χ0n) is 15.0. The first-order valence-electron chi connectivity index (χ1n) is 9.53. The average Bonchev–Trinajstić information content (AvgIpc) is 3.32. The summed E-state index contributed by atoms with van der Waals surface area (Å²) in [6.45, 7) is 5.08. The quantitative estimate of drug-likeness (QED) is 0.807. The van der Waals surface area contributed by atoms with Gasteiger partial charge < -0.3 is 19.7 Å². The molecule has 0 radical (unpaired) electrons. The van der Waals surface area contributed by atoms with Crippen molar-refractivity contribution in [2.45, 2.75) is 45.4 Å². The van der Waals surface area contributed by atoms with Gasteiger partial charge in [-0.3, -0.25) is 0 Å². The predicted molar refractivity (Wildman–Crippen MR) is 96.9 cm³/mol. The maximum Gasteiger partial charge on any atom is 0.173 e. The number of aliphatic hydroxyl groups excluding tert-OH is 1. The van der Waals surface area contributed by atoms with Gasteiger partial charge in [0.2, 0.25) is 0 Å². The number of nitrogens with one attached hydrogen (secondary N) is 1. The van der Waals surface area contributed by atoms with Crippen molar-refractivity contribution in [2.75, 3.05) is 26.3 Å². The number of aryl methyl sites for hydroxylation is 2. The molecule has 1 aliphatic heterocycles. The summed E-state index contributed by atoms with van der Waals surface area (Å²) in [6.07, 6.45) is 6.78. The molecular formula is C20H28N2O3. The van der Waals surface area contributed by atoms with Crippen molar-refractivity contribution in [1.82, 2.24) is 10.5 Å². The second kappa shape index (κ2) is 6.96. The van der Waals surface area contributed by atoms with Gasteiger partial charge in [0.25, 0.3) is 0 Å². The van der Waals surface area contributed by atoms with Crippen LogP contribution in [-0.2, 0) is 6.42 Å². The lowest BCUT2D eigenvalue weighted by Crippen LogP contribution is -2.27. The Kier molecular flexibility index (Phi) is 4.69.